The maximum atomic E-state index is 12.4. The molecule has 0 saturated heterocycles. The molecule has 3 rings (SSSR count). The predicted octanol–water partition coefficient (Wildman–Crippen LogP) is 3.47. The molecule has 2 nitrogen and oxygen atoms in total. The first-order valence-electron chi connectivity index (χ1n) is 7.23. The van der Waals surface area contributed by atoms with Crippen molar-refractivity contribution in [1.82, 2.24) is 0 Å². The van der Waals surface area contributed by atoms with Gasteiger partial charge in [0.05, 0.1) is 16.6 Å². The molecule has 0 radical (unpaired) electrons. The molecule has 21 heavy (non-hydrogen) atoms. The summed E-state index contributed by atoms with van der Waals surface area (Å²) in [6, 6.07) is 13.4. The second-order valence-electron chi connectivity index (χ2n) is 5.56. The van der Waals surface area contributed by atoms with Crippen LogP contribution in [0, 0.1) is 6.92 Å². The molecule has 2 aromatic carbocycles. The lowest BCUT2D eigenvalue weighted by molar-refractivity contribution is 0.102. The number of aryl methyl sites for hydroxylation is 3. The summed E-state index contributed by atoms with van der Waals surface area (Å²) in [6.07, 6.45) is 3.35. The van der Waals surface area contributed by atoms with Crippen molar-refractivity contribution in [3.05, 3.63) is 64.7 Å². The second-order valence-corrected chi connectivity index (χ2v) is 7.01. The van der Waals surface area contributed by atoms with Crippen LogP contribution >= 0.6 is 0 Å². The Balaban J connectivity index is 1.74. The van der Waals surface area contributed by atoms with Gasteiger partial charge in [0, 0.05) is 10.5 Å². The van der Waals surface area contributed by atoms with Crippen molar-refractivity contribution >= 4 is 16.6 Å². The predicted molar refractivity (Wildman–Crippen MR) is 85.3 cm³/mol. The number of carbonyl (C=O) groups is 1. The van der Waals surface area contributed by atoms with Gasteiger partial charge in [-0.2, -0.15) is 0 Å². The molecule has 0 fully saturated rings. The Bertz CT molecular complexity index is 702. The van der Waals surface area contributed by atoms with E-state index < -0.39 is 10.8 Å². The van der Waals surface area contributed by atoms with Crippen molar-refractivity contribution in [2.45, 2.75) is 31.1 Å². The Kier molecular flexibility index (Phi) is 4.02. The van der Waals surface area contributed by atoms with Crippen LogP contribution in [0.4, 0.5) is 0 Å². The summed E-state index contributed by atoms with van der Waals surface area (Å²) < 4.78 is 12.4. The van der Waals surface area contributed by atoms with Crippen LogP contribution in [0.15, 0.2) is 47.4 Å². The lowest BCUT2D eigenvalue weighted by Crippen LogP contribution is -2.11. The molecule has 0 aliphatic heterocycles. The zero-order valence-corrected chi connectivity index (χ0v) is 12.9. The van der Waals surface area contributed by atoms with E-state index in [2.05, 4.69) is 6.07 Å². The number of hydrogen-bond donors (Lipinski definition) is 0. The van der Waals surface area contributed by atoms with Crippen LogP contribution < -0.4 is 0 Å². The Hall–Kier alpha value is -1.74. The van der Waals surface area contributed by atoms with Gasteiger partial charge >= 0.3 is 0 Å². The minimum atomic E-state index is -1.26. The molecule has 3 heteroatoms. The van der Waals surface area contributed by atoms with Gasteiger partial charge in [0.1, 0.15) is 0 Å². The zero-order valence-electron chi connectivity index (χ0n) is 12.1. The molecule has 0 N–H and O–H groups in total. The van der Waals surface area contributed by atoms with Crippen molar-refractivity contribution < 1.29 is 9.00 Å². The zero-order chi connectivity index (χ0) is 14.8. The van der Waals surface area contributed by atoms with Crippen molar-refractivity contribution in [3.8, 4) is 0 Å². The van der Waals surface area contributed by atoms with E-state index in [9.17, 15) is 9.00 Å². The minimum Gasteiger partial charge on any atom is -0.293 e. The van der Waals surface area contributed by atoms with Crippen LogP contribution in [0.5, 0.6) is 0 Å². The van der Waals surface area contributed by atoms with Gasteiger partial charge in [0.25, 0.3) is 0 Å². The summed E-state index contributed by atoms with van der Waals surface area (Å²) in [6.45, 7) is 1.98. The Morgan fingerprint density at radius 1 is 1.05 bits per heavy atom. The summed E-state index contributed by atoms with van der Waals surface area (Å²) in [4.78, 5) is 13.0. The lowest BCUT2D eigenvalue weighted by Gasteiger charge is -2.05. The molecule has 0 aromatic heterocycles. The first-order valence-corrected chi connectivity index (χ1v) is 8.55. The standard InChI is InChI=1S/C18H18O2S/c1-13-5-7-15(8-6-13)18(19)12-21(20)17-10-9-14-3-2-4-16(14)11-17/h5-11H,2-4,12H2,1H3. The summed E-state index contributed by atoms with van der Waals surface area (Å²) >= 11 is 0. The van der Waals surface area contributed by atoms with E-state index in [0.717, 1.165) is 23.3 Å². The fraction of sp³-hybridized carbons (Fsp3) is 0.278. The molecule has 1 aliphatic rings. The van der Waals surface area contributed by atoms with Gasteiger partial charge < -0.3 is 0 Å². The molecular formula is C18H18O2S. The Morgan fingerprint density at radius 2 is 1.76 bits per heavy atom. The molecule has 0 amide bonds. The number of fused-ring (bicyclic) bond motifs is 1. The molecule has 0 saturated carbocycles. The third kappa shape index (κ3) is 3.13. The largest absolute Gasteiger partial charge is 0.293 e. The monoisotopic (exact) mass is 298 g/mol. The minimum absolute atomic E-state index is 0.0574. The molecule has 2 aromatic rings. The van der Waals surface area contributed by atoms with Gasteiger partial charge in [0.2, 0.25) is 0 Å². The molecule has 1 unspecified atom stereocenters. The smallest absolute Gasteiger partial charge is 0.175 e. The SMILES string of the molecule is Cc1ccc(C(=O)CS(=O)c2ccc3c(c2)CCC3)cc1. The number of benzene rings is 2. The number of rotatable bonds is 4. The molecule has 1 atom stereocenters. The highest BCUT2D eigenvalue weighted by atomic mass is 32.2. The van der Waals surface area contributed by atoms with Gasteiger partial charge in [-0.1, -0.05) is 35.9 Å². The molecule has 0 bridgehead atoms. The molecule has 1 aliphatic carbocycles. The fourth-order valence-electron chi connectivity index (χ4n) is 2.72. The van der Waals surface area contributed by atoms with E-state index in [1.54, 1.807) is 12.1 Å². The average Bonchev–Trinajstić information content (AvgIpc) is 2.95. The van der Waals surface area contributed by atoms with Crippen molar-refractivity contribution in [3.63, 3.8) is 0 Å². The van der Waals surface area contributed by atoms with Crippen LogP contribution in [-0.2, 0) is 23.6 Å². The lowest BCUT2D eigenvalue weighted by atomic mass is 10.1. The number of Topliss-reactive ketones (excluding diaryl/α,β-unsaturated/α-hetero) is 1. The average molecular weight is 298 g/mol. The molecule has 108 valence electrons. The van der Waals surface area contributed by atoms with Crippen LogP contribution in [0.3, 0.4) is 0 Å². The summed E-state index contributed by atoms with van der Waals surface area (Å²) in [7, 11) is -1.26. The van der Waals surface area contributed by atoms with Gasteiger partial charge in [-0.25, -0.2) is 0 Å². The van der Waals surface area contributed by atoms with E-state index in [4.69, 9.17) is 0 Å². The maximum Gasteiger partial charge on any atom is 0.175 e. The normalized spacial score (nSPS) is 14.7. The van der Waals surface area contributed by atoms with E-state index >= 15 is 0 Å². The molecular weight excluding hydrogens is 280 g/mol. The van der Waals surface area contributed by atoms with Crippen molar-refractivity contribution in [2.75, 3.05) is 5.75 Å². The van der Waals surface area contributed by atoms with Crippen molar-refractivity contribution in [2.24, 2.45) is 0 Å². The van der Waals surface area contributed by atoms with Gasteiger partial charge in [-0.3, -0.25) is 9.00 Å². The summed E-state index contributed by atoms with van der Waals surface area (Å²) in [5.74, 6) is -0.00388. The van der Waals surface area contributed by atoms with Crippen LogP contribution in [-0.4, -0.2) is 15.7 Å². The van der Waals surface area contributed by atoms with Crippen molar-refractivity contribution in [1.29, 1.82) is 0 Å². The highest BCUT2D eigenvalue weighted by Gasteiger charge is 2.16. The van der Waals surface area contributed by atoms with E-state index in [1.165, 1.54) is 17.5 Å². The number of carbonyl (C=O) groups excluding carboxylic acids is 1. The highest BCUT2D eigenvalue weighted by Crippen LogP contribution is 2.24. The highest BCUT2D eigenvalue weighted by molar-refractivity contribution is 7.85. The quantitative estimate of drug-likeness (QED) is 0.810. The number of ketones is 1. The summed E-state index contributed by atoms with van der Waals surface area (Å²) in [5, 5.41) is 0. The van der Waals surface area contributed by atoms with E-state index in [0.29, 0.717) is 5.56 Å². The van der Waals surface area contributed by atoms with Crippen LogP contribution in [0.2, 0.25) is 0 Å². The van der Waals surface area contributed by atoms with Gasteiger partial charge in [0.15, 0.2) is 5.78 Å². The topological polar surface area (TPSA) is 34.1 Å². The second kappa shape index (κ2) is 5.94. The van der Waals surface area contributed by atoms with E-state index in [-0.39, 0.29) is 11.5 Å². The van der Waals surface area contributed by atoms with Gasteiger partial charge in [-0.15, -0.1) is 0 Å². The Labute approximate surface area is 127 Å². The van der Waals surface area contributed by atoms with E-state index in [1.807, 2.05) is 31.2 Å². The third-order valence-corrected chi connectivity index (χ3v) is 5.27. The first-order chi connectivity index (χ1) is 10.1. The molecule has 0 spiro atoms. The number of hydrogen-bond acceptors (Lipinski definition) is 2. The fourth-order valence-corrected chi connectivity index (χ4v) is 3.78. The third-order valence-electron chi connectivity index (χ3n) is 3.97. The van der Waals surface area contributed by atoms with Crippen LogP contribution in [0.1, 0.15) is 33.5 Å². The first kappa shape index (κ1) is 14.2. The Morgan fingerprint density at radius 3 is 2.52 bits per heavy atom. The maximum absolute atomic E-state index is 12.4. The summed E-state index contributed by atoms with van der Waals surface area (Å²) in [5.41, 5.74) is 4.41. The van der Waals surface area contributed by atoms with Gasteiger partial charge in [-0.05, 0) is 49.4 Å². The molecule has 0 heterocycles. The van der Waals surface area contributed by atoms with Crippen LogP contribution in [0.25, 0.3) is 0 Å².